The molecule has 1 aliphatic rings. The van der Waals surface area contributed by atoms with E-state index in [-0.39, 0.29) is 6.04 Å². The van der Waals surface area contributed by atoms with Gasteiger partial charge >= 0.3 is 0 Å². The molecule has 15 heavy (non-hydrogen) atoms. The average molecular weight is 208 g/mol. The first-order valence-electron chi connectivity index (χ1n) is 5.90. The van der Waals surface area contributed by atoms with Gasteiger partial charge in [0, 0.05) is 6.04 Å². The van der Waals surface area contributed by atoms with Crippen molar-refractivity contribution in [2.45, 2.75) is 58.0 Å². The molecule has 2 rings (SSSR count). The Morgan fingerprint density at radius 3 is 2.67 bits per heavy atom. The van der Waals surface area contributed by atoms with Crippen LogP contribution in [0.2, 0.25) is 0 Å². The minimum atomic E-state index is 0.262. The Hall–Kier alpha value is -0.900. The average Bonchev–Trinajstić information content (AvgIpc) is 2.66. The van der Waals surface area contributed by atoms with E-state index in [2.05, 4.69) is 27.4 Å². The van der Waals surface area contributed by atoms with Crippen molar-refractivity contribution in [1.29, 1.82) is 0 Å². The number of aromatic amines is 1. The van der Waals surface area contributed by atoms with E-state index in [1.165, 1.54) is 32.1 Å². The normalized spacial score (nSPS) is 20.4. The molecule has 4 heteroatoms. The van der Waals surface area contributed by atoms with E-state index < -0.39 is 0 Å². The summed E-state index contributed by atoms with van der Waals surface area (Å²) < 4.78 is 0. The van der Waals surface area contributed by atoms with E-state index in [4.69, 9.17) is 0 Å². The smallest absolute Gasteiger partial charge is 0.167 e. The predicted octanol–water partition coefficient (Wildman–Crippen LogP) is 2.10. The molecule has 1 saturated carbocycles. The van der Waals surface area contributed by atoms with Crippen LogP contribution in [0.4, 0.5) is 0 Å². The molecule has 0 radical (unpaired) electrons. The van der Waals surface area contributed by atoms with Gasteiger partial charge in [-0.25, -0.2) is 4.98 Å². The van der Waals surface area contributed by atoms with Crippen molar-refractivity contribution >= 4 is 0 Å². The second-order valence-electron chi connectivity index (χ2n) is 4.50. The molecule has 0 spiro atoms. The predicted molar refractivity (Wildman–Crippen MR) is 59.5 cm³/mol. The second kappa shape index (κ2) is 4.75. The Kier molecular flexibility index (Phi) is 3.36. The molecule has 0 amide bonds. The first-order valence-corrected chi connectivity index (χ1v) is 5.90. The van der Waals surface area contributed by atoms with Crippen LogP contribution < -0.4 is 5.32 Å². The number of nitrogens with one attached hydrogen (secondary N) is 2. The minimum Gasteiger partial charge on any atom is -0.305 e. The van der Waals surface area contributed by atoms with Crippen LogP contribution >= 0.6 is 0 Å². The number of hydrogen-bond acceptors (Lipinski definition) is 3. The molecule has 1 aromatic heterocycles. The van der Waals surface area contributed by atoms with Crippen LogP contribution in [0.5, 0.6) is 0 Å². The van der Waals surface area contributed by atoms with Crippen molar-refractivity contribution in [3.8, 4) is 0 Å². The molecule has 1 heterocycles. The standard InChI is InChI=1S/C11H20N4/c1-8(11-13-9(2)14-15-11)12-10-6-4-3-5-7-10/h8,10,12H,3-7H2,1-2H3,(H,13,14,15)/t8-/m0/s1. The molecule has 1 aliphatic carbocycles. The van der Waals surface area contributed by atoms with Gasteiger partial charge < -0.3 is 5.32 Å². The zero-order valence-electron chi connectivity index (χ0n) is 9.58. The maximum absolute atomic E-state index is 4.35. The lowest BCUT2D eigenvalue weighted by Gasteiger charge is -2.25. The Morgan fingerprint density at radius 1 is 1.33 bits per heavy atom. The van der Waals surface area contributed by atoms with Crippen LogP contribution in [0.1, 0.15) is 56.7 Å². The van der Waals surface area contributed by atoms with E-state index in [0.29, 0.717) is 6.04 Å². The molecule has 0 unspecified atom stereocenters. The fourth-order valence-corrected chi connectivity index (χ4v) is 2.25. The lowest BCUT2D eigenvalue weighted by molar-refractivity contribution is 0.342. The van der Waals surface area contributed by atoms with Crippen LogP contribution in [0.25, 0.3) is 0 Å². The van der Waals surface area contributed by atoms with E-state index in [1.54, 1.807) is 0 Å². The molecule has 4 nitrogen and oxygen atoms in total. The maximum atomic E-state index is 4.35. The van der Waals surface area contributed by atoms with Gasteiger partial charge in [-0.15, -0.1) is 0 Å². The lowest BCUT2D eigenvalue weighted by atomic mass is 9.95. The molecule has 1 atom stereocenters. The number of aryl methyl sites for hydroxylation is 1. The topological polar surface area (TPSA) is 53.6 Å². The highest BCUT2D eigenvalue weighted by Gasteiger charge is 2.18. The van der Waals surface area contributed by atoms with Gasteiger partial charge in [0.15, 0.2) is 5.82 Å². The summed E-state index contributed by atoms with van der Waals surface area (Å²) in [5, 5.41) is 10.7. The highest BCUT2D eigenvalue weighted by Crippen LogP contribution is 2.20. The van der Waals surface area contributed by atoms with Gasteiger partial charge in [0.1, 0.15) is 5.82 Å². The molecule has 0 aliphatic heterocycles. The molecule has 2 N–H and O–H groups in total. The van der Waals surface area contributed by atoms with Crippen molar-refractivity contribution in [2.75, 3.05) is 0 Å². The fourth-order valence-electron chi connectivity index (χ4n) is 2.25. The highest BCUT2D eigenvalue weighted by molar-refractivity contribution is 4.94. The number of hydrogen-bond donors (Lipinski definition) is 2. The molecule has 0 bridgehead atoms. The van der Waals surface area contributed by atoms with Crippen LogP contribution in [-0.4, -0.2) is 21.2 Å². The zero-order valence-corrected chi connectivity index (χ0v) is 9.58. The molecule has 1 fully saturated rings. The summed E-state index contributed by atoms with van der Waals surface area (Å²) in [6.45, 7) is 4.07. The van der Waals surface area contributed by atoms with Crippen LogP contribution in [0, 0.1) is 6.92 Å². The summed E-state index contributed by atoms with van der Waals surface area (Å²) in [6, 6.07) is 0.922. The van der Waals surface area contributed by atoms with Gasteiger partial charge in [-0.1, -0.05) is 19.3 Å². The molecular formula is C11H20N4. The Morgan fingerprint density at radius 2 is 2.07 bits per heavy atom. The quantitative estimate of drug-likeness (QED) is 0.799. The van der Waals surface area contributed by atoms with Crippen molar-refractivity contribution in [3.63, 3.8) is 0 Å². The highest BCUT2D eigenvalue weighted by atomic mass is 15.2. The van der Waals surface area contributed by atoms with Gasteiger partial charge in [0.2, 0.25) is 0 Å². The fraction of sp³-hybridized carbons (Fsp3) is 0.818. The van der Waals surface area contributed by atoms with Crippen molar-refractivity contribution in [2.24, 2.45) is 0 Å². The maximum Gasteiger partial charge on any atom is 0.167 e. The van der Waals surface area contributed by atoms with Crippen molar-refractivity contribution in [3.05, 3.63) is 11.6 Å². The zero-order chi connectivity index (χ0) is 10.7. The summed E-state index contributed by atoms with van der Waals surface area (Å²) in [4.78, 5) is 4.35. The Bertz CT molecular complexity index is 301. The Labute approximate surface area is 90.9 Å². The van der Waals surface area contributed by atoms with Crippen molar-refractivity contribution in [1.82, 2.24) is 20.5 Å². The van der Waals surface area contributed by atoms with Crippen LogP contribution in [0.3, 0.4) is 0 Å². The molecule has 84 valence electrons. The summed E-state index contributed by atoms with van der Waals surface area (Å²) in [5.74, 6) is 1.78. The van der Waals surface area contributed by atoms with E-state index >= 15 is 0 Å². The molecular weight excluding hydrogens is 188 g/mol. The minimum absolute atomic E-state index is 0.262. The largest absolute Gasteiger partial charge is 0.305 e. The second-order valence-corrected chi connectivity index (χ2v) is 4.50. The monoisotopic (exact) mass is 208 g/mol. The van der Waals surface area contributed by atoms with Gasteiger partial charge in [-0.05, 0) is 26.7 Å². The summed E-state index contributed by atoms with van der Waals surface area (Å²) in [5.41, 5.74) is 0. The van der Waals surface area contributed by atoms with Gasteiger partial charge in [0.05, 0.1) is 6.04 Å². The molecule has 0 aromatic carbocycles. The number of H-pyrrole nitrogens is 1. The number of aromatic nitrogens is 3. The summed E-state index contributed by atoms with van der Waals surface area (Å²) in [6.07, 6.45) is 6.71. The third kappa shape index (κ3) is 2.78. The van der Waals surface area contributed by atoms with Gasteiger partial charge in [0.25, 0.3) is 0 Å². The first-order chi connectivity index (χ1) is 7.25. The van der Waals surface area contributed by atoms with Crippen LogP contribution in [-0.2, 0) is 0 Å². The third-order valence-corrected chi connectivity index (χ3v) is 3.09. The summed E-state index contributed by atoms with van der Waals surface area (Å²) in [7, 11) is 0. The molecule has 1 aromatic rings. The van der Waals surface area contributed by atoms with Crippen LogP contribution in [0.15, 0.2) is 0 Å². The van der Waals surface area contributed by atoms with E-state index in [0.717, 1.165) is 11.6 Å². The van der Waals surface area contributed by atoms with E-state index in [1.807, 2.05) is 6.92 Å². The first kappa shape index (κ1) is 10.6. The third-order valence-electron chi connectivity index (χ3n) is 3.09. The van der Waals surface area contributed by atoms with E-state index in [9.17, 15) is 0 Å². The molecule has 0 saturated heterocycles. The van der Waals surface area contributed by atoms with Gasteiger partial charge in [-0.2, -0.15) is 5.10 Å². The van der Waals surface area contributed by atoms with Gasteiger partial charge in [-0.3, -0.25) is 5.10 Å². The number of nitrogens with zero attached hydrogens (tertiary/aromatic N) is 2. The Balaban J connectivity index is 1.88. The lowest BCUT2D eigenvalue weighted by Crippen LogP contribution is -2.33. The van der Waals surface area contributed by atoms with Crippen molar-refractivity contribution < 1.29 is 0 Å². The number of rotatable bonds is 3. The SMILES string of the molecule is Cc1nc([C@H](C)NC2CCCCC2)n[nH]1. The summed E-state index contributed by atoms with van der Waals surface area (Å²) >= 11 is 0.